The second-order valence-corrected chi connectivity index (χ2v) is 1.17. The van der Waals surface area contributed by atoms with Crippen LogP contribution in [0.5, 0.6) is 0 Å². The SMILES string of the molecule is NCC(Cl)=C=O. The predicted molar refractivity (Wildman–Crippen MR) is 24.1 cm³/mol. The molecule has 0 aromatic rings. The molecule has 0 atom stereocenters. The van der Waals surface area contributed by atoms with Crippen molar-refractivity contribution in [3.8, 4) is 0 Å². The van der Waals surface area contributed by atoms with Gasteiger partial charge in [0.25, 0.3) is 0 Å². The Labute approximate surface area is 40.6 Å². The van der Waals surface area contributed by atoms with Crippen molar-refractivity contribution in [1.29, 1.82) is 0 Å². The summed E-state index contributed by atoms with van der Waals surface area (Å²) >= 11 is 5.02. The third-order valence-electron chi connectivity index (χ3n) is 0.290. The van der Waals surface area contributed by atoms with Crippen LogP contribution in [-0.4, -0.2) is 12.5 Å². The minimum Gasteiger partial charge on any atom is -0.325 e. The van der Waals surface area contributed by atoms with Crippen molar-refractivity contribution in [1.82, 2.24) is 0 Å². The summed E-state index contributed by atoms with van der Waals surface area (Å²) in [6.07, 6.45) is 0. The molecule has 0 unspecified atom stereocenters. The van der Waals surface area contributed by atoms with Crippen molar-refractivity contribution in [2.24, 2.45) is 5.73 Å². The summed E-state index contributed by atoms with van der Waals surface area (Å²) in [5.41, 5.74) is 4.85. The molecule has 0 aromatic heterocycles. The van der Waals surface area contributed by atoms with E-state index in [-0.39, 0.29) is 11.6 Å². The van der Waals surface area contributed by atoms with Gasteiger partial charge in [-0.2, -0.15) is 0 Å². The monoisotopic (exact) mass is 105 g/mol. The molecule has 0 aliphatic carbocycles. The van der Waals surface area contributed by atoms with Gasteiger partial charge in [-0.3, -0.25) is 0 Å². The van der Waals surface area contributed by atoms with Crippen molar-refractivity contribution in [2.45, 2.75) is 0 Å². The zero-order chi connectivity index (χ0) is 4.99. The topological polar surface area (TPSA) is 43.1 Å². The van der Waals surface area contributed by atoms with E-state index in [1.54, 1.807) is 0 Å². The zero-order valence-corrected chi connectivity index (χ0v) is 3.83. The van der Waals surface area contributed by atoms with E-state index < -0.39 is 0 Å². The fourth-order valence-electron chi connectivity index (χ4n) is 0.0417. The van der Waals surface area contributed by atoms with Crippen LogP contribution in [0.15, 0.2) is 5.03 Å². The van der Waals surface area contributed by atoms with Crippen LogP contribution in [0.4, 0.5) is 0 Å². The quantitative estimate of drug-likeness (QED) is 0.473. The minimum absolute atomic E-state index is 0.0370. The summed E-state index contributed by atoms with van der Waals surface area (Å²) in [6.45, 7) is 0.0883. The van der Waals surface area contributed by atoms with Crippen LogP contribution in [0.2, 0.25) is 0 Å². The molecule has 0 rings (SSSR count). The second-order valence-electron chi connectivity index (χ2n) is 0.711. The first-order valence-corrected chi connectivity index (χ1v) is 1.78. The van der Waals surface area contributed by atoms with E-state index >= 15 is 0 Å². The second kappa shape index (κ2) is 2.91. The lowest BCUT2D eigenvalue weighted by molar-refractivity contribution is 0.568. The standard InChI is InChI=1S/C3H4ClNO/c4-3(1-5)2-6/h1,5H2. The van der Waals surface area contributed by atoms with Crippen LogP contribution in [0, 0.1) is 0 Å². The largest absolute Gasteiger partial charge is 0.325 e. The molecule has 2 N–H and O–H groups in total. The molecule has 0 fully saturated rings. The highest BCUT2D eigenvalue weighted by Crippen LogP contribution is 1.86. The van der Waals surface area contributed by atoms with E-state index in [1.807, 2.05) is 0 Å². The van der Waals surface area contributed by atoms with E-state index in [2.05, 4.69) is 0 Å². The summed E-state index contributed by atoms with van der Waals surface area (Å²) in [6, 6.07) is 0. The van der Waals surface area contributed by atoms with Crippen LogP contribution in [0.3, 0.4) is 0 Å². The van der Waals surface area contributed by atoms with Gasteiger partial charge < -0.3 is 5.73 Å². The van der Waals surface area contributed by atoms with Crippen LogP contribution in [0.1, 0.15) is 0 Å². The van der Waals surface area contributed by atoms with E-state index in [0.717, 1.165) is 0 Å². The van der Waals surface area contributed by atoms with E-state index in [4.69, 9.17) is 17.3 Å². The summed E-state index contributed by atoms with van der Waals surface area (Å²) in [5.74, 6) is 1.42. The highest BCUT2D eigenvalue weighted by atomic mass is 35.5. The number of carbonyl (C=O) groups excluding carboxylic acids is 1. The number of hydrogen-bond acceptors (Lipinski definition) is 2. The molecular weight excluding hydrogens is 101 g/mol. The molecule has 2 nitrogen and oxygen atoms in total. The molecule has 0 amide bonds. The van der Waals surface area contributed by atoms with Crippen molar-refractivity contribution in [3.05, 3.63) is 5.03 Å². The normalized spacial score (nSPS) is 7.00. The average molecular weight is 106 g/mol. The highest BCUT2D eigenvalue weighted by Gasteiger charge is 1.79. The molecule has 0 aliphatic rings. The Morgan fingerprint density at radius 2 is 2.50 bits per heavy atom. The van der Waals surface area contributed by atoms with Gasteiger partial charge in [0.15, 0.2) is 0 Å². The lowest BCUT2D eigenvalue weighted by atomic mass is 10.6. The fraction of sp³-hybridized carbons (Fsp3) is 0.333. The maximum Gasteiger partial charge on any atom is 0.141 e. The third-order valence-corrected chi connectivity index (χ3v) is 0.521. The molecule has 0 saturated carbocycles. The van der Waals surface area contributed by atoms with Gasteiger partial charge in [0, 0.05) is 6.54 Å². The first-order chi connectivity index (χ1) is 2.81. The third kappa shape index (κ3) is 1.97. The van der Waals surface area contributed by atoms with E-state index in [9.17, 15) is 4.79 Å². The lowest BCUT2D eigenvalue weighted by Crippen LogP contribution is -1.97. The van der Waals surface area contributed by atoms with Gasteiger partial charge in [-0.15, -0.1) is 0 Å². The molecule has 3 heteroatoms. The number of hydrogen-bond donors (Lipinski definition) is 1. The Hall–Kier alpha value is -0.300. The van der Waals surface area contributed by atoms with Gasteiger partial charge in [-0.1, -0.05) is 11.6 Å². The molecule has 0 aromatic carbocycles. The maximum atomic E-state index is 9.36. The zero-order valence-electron chi connectivity index (χ0n) is 3.07. The smallest absolute Gasteiger partial charge is 0.141 e. The summed E-state index contributed by atoms with van der Waals surface area (Å²) < 4.78 is 0. The lowest BCUT2D eigenvalue weighted by Gasteiger charge is -1.74. The summed E-state index contributed by atoms with van der Waals surface area (Å²) in [5, 5.41) is 0.0370. The number of nitrogens with two attached hydrogens (primary N) is 1. The van der Waals surface area contributed by atoms with Gasteiger partial charge >= 0.3 is 0 Å². The van der Waals surface area contributed by atoms with Gasteiger partial charge in [0.1, 0.15) is 11.0 Å². The fourth-order valence-corrected chi connectivity index (χ4v) is 0.0417. The van der Waals surface area contributed by atoms with Crippen LogP contribution >= 0.6 is 11.6 Å². The van der Waals surface area contributed by atoms with Gasteiger partial charge in [0.2, 0.25) is 0 Å². The highest BCUT2D eigenvalue weighted by molar-refractivity contribution is 6.33. The molecule has 0 heterocycles. The number of rotatable bonds is 1. The van der Waals surface area contributed by atoms with Gasteiger partial charge in [-0.25, -0.2) is 4.79 Å². The molecule has 34 valence electrons. The Balaban J connectivity index is 3.52. The predicted octanol–water partition coefficient (Wildman–Crippen LogP) is -0.101. The minimum atomic E-state index is 0.0370. The maximum absolute atomic E-state index is 9.36. The van der Waals surface area contributed by atoms with Crippen LogP contribution < -0.4 is 5.73 Å². The Kier molecular flexibility index (Phi) is 2.77. The van der Waals surface area contributed by atoms with E-state index in [0.29, 0.717) is 0 Å². The first-order valence-electron chi connectivity index (χ1n) is 1.40. The molecule has 0 saturated heterocycles. The van der Waals surface area contributed by atoms with Crippen LogP contribution in [0.25, 0.3) is 0 Å². The average Bonchev–Trinajstić information content (AvgIpc) is 1.65. The summed E-state index contributed by atoms with van der Waals surface area (Å²) in [4.78, 5) is 9.36. The van der Waals surface area contributed by atoms with Gasteiger partial charge in [-0.05, 0) is 0 Å². The molecular formula is C3H4ClNO. The Bertz CT molecular complexity index is 84.8. The Morgan fingerprint density at radius 1 is 2.00 bits per heavy atom. The first kappa shape index (κ1) is 5.70. The number of halogens is 1. The Morgan fingerprint density at radius 3 is 2.50 bits per heavy atom. The molecule has 0 spiro atoms. The molecule has 0 bridgehead atoms. The molecule has 0 radical (unpaired) electrons. The van der Waals surface area contributed by atoms with Crippen molar-refractivity contribution < 1.29 is 4.79 Å². The van der Waals surface area contributed by atoms with E-state index in [1.165, 1.54) is 5.94 Å². The van der Waals surface area contributed by atoms with Crippen molar-refractivity contribution >= 4 is 17.5 Å². The van der Waals surface area contributed by atoms with Gasteiger partial charge in [0.05, 0.1) is 0 Å². The van der Waals surface area contributed by atoms with Crippen molar-refractivity contribution in [3.63, 3.8) is 0 Å². The van der Waals surface area contributed by atoms with Crippen molar-refractivity contribution in [2.75, 3.05) is 6.54 Å². The molecule has 6 heavy (non-hydrogen) atoms. The summed E-state index contributed by atoms with van der Waals surface area (Å²) in [7, 11) is 0. The molecule has 0 aliphatic heterocycles. The van der Waals surface area contributed by atoms with Crippen LogP contribution in [-0.2, 0) is 4.79 Å².